The van der Waals surface area contributed by atoms with Gasteiger partial charge < -0.3 is 0 Å². The van der Waals surface area contributed by atoms with E-state index in [0.717, 1.165) is 12.8 Å². The van der Waals surface area contributed by atoms with Gasteiger partial charge in [0.2, 0.25) is 0 Å². The lowest BCUT2D eigenvalue weighted by atomic mass is 10.4. The summed E-state index contributed by atoms with van der Waals surface area (Å²) in [5.41, 5.74) is -0.585. The van der Waals surface area contributed by atoms with Crippen LogP contribution < -0.4 is 5.69 Å². The lowest BCUT2D eigenvalue weighted by molar-refractivity contribution is 0.257. The van der Waals surface area contributed by atoms with Crippen LogP contribution in [0.15, 0.2) is 9.83 Å². The molecule has 1 fully saturated rings. The summed E-state index contributed by atoms with van der Waals surface area (Å²) >= 11 is 17.0. The van der Waals surface area contributed by atoms with Gasteiger partial charge in [0.25, 0.3) is 0 Å². The number of allylic oxidation sites excluding steroid dienone is 1. The van der Waals surface area contributed by atoms with Crippen LogP contribution in [-0.2, 0) is 0 Å². The molecule has 0 radical (unpaired) electrons. The normalized spacial score (nSPS) is 16.9. The number of hydrogen-bond acceptors (Lipinski definition) is 3. The Bertz CT molecular complexity index is 565. The molecule has 8 heteroatoms. The van der Waals surface area contributed by atoms with E-state index < -0.39 is 11.1 Å². The van der Waals surface area contributed by atoms with Gasteiger partial charge in [-0.1, -0.05) is 23.2 Å². The first-order chi connectivity index (χ1) is 7.93. The van der Waals surface area contributed by atoms with E-state index in [9.17, 15) is 9.59 Å². The summed E-state index contributed by atoms with van der Waals surface area (Å²) in [5, 5.41) is 3.28. The third-order valence-corrected chi connectivity index (χ3v) is 3.29. The van der Waals surface area contributed by atoms with Gasteiger partial charge in [-0.2, -0.15) is 0 Å². The van der Waals surface area contributed by atoms with E-state index in [2.05, 4.69) is 5.10 Å². The van der Waals surface area contributed by atoms with Gasteiger partial charge in [0.05, 0.1) is 5.03 Å². The molecular weight excluding hydrogens is 288 g/mol. The maximum Gasteiger partial charge on any atom is 0.354 e. The summed E-state index contributed by atoms with van der Waals surface area (Å²) in [6, 6.07) is 0.0204. The molecule has 1 aromatic rings. The number of carbonyl (C=O) groups excluding carboxylic acids is 1. The molecule has 0 unspecified atom stereocenters. The predicted molar refractivity (Wildman–Crippen MR) is 65.7 cm³/mol. The minimum atomic E-state index is -0.965. The Morgan fingerprint density at radius 1 is 1.35 bits per heavy atom. The minimum absolute atomic E-state index is 0.0204. The highest BCUT2D eigenvalue weighted by atomic mass is 35.5. The molecule has 17 heavy (non-hydrogen) atoms. The molecule has 0 atom stereocenters. The van der Waals surface area contributed by atoms with Crippen LogP contribution in [0.25, 0.3) is 5.03 Å². The quantitative estimate of drug-likeness (QED) is 0.789. The Balaban J connectivity index is 2.66. The molecule has 0 amide bonds. The first-order valence-corrected chi connectivity index (χ1v) is 6.00. The molecule has 1 aliphatic carbocycles. The van der Waals surface area contributed by atoms with E-state index in [1.54, 1.807) is 6.92 Å². The molecule has 92 valence electrons. The van der Waals surface area contributed by atoms with Crippen molar-refractivity contribution < 1.29 is 4.79 Å². The highest BCUT2D eigenvalue weighted by Gasteiger charge is 2.32. The topological polar surface area (TPSA) is 56.9 Å². The molecule has 1 heterocycles. The van der Waals surface area contributed by atoms with Crippen molar-refractivity contribution in [1.29, 1.82) is 0 Å². The smallest absolute Gasteiger partial charge is 0.271 e. The van der Waals surface area contributed by atoms with E-state index in [0.29, 0.717) is 9.71 Å². The number of halogens is 3. The molecule has 1 aromatic heterocycles. The van der Waals surface area contributed by atoms with Crippen molar-refractivity contribution in [1.82, 2.24) is 14.3 Å². The van der Waals surface area contributed by atoms with Crippen molar-refractivity contribution in [2.45, 2.75) is 25.8 Å². The number of aromatic nitrogens is 3. The molecule has 0 saturated heterocycles. The molecule has 0 aliphatic heterocycles. The molecule has 0 spiro atoms. The molecule has 1 aliphatic rings. The van der Waals surface area contributed by atoms with Crippen LogP contribution in [0.3, 0.4) is 0 Å². The second kappa shape index (κ2) is 4.48. The van der Waals surface area contributed by atoms with Gasteiger partial charge in [0, 0.05) is 11.1 Å². The maximum atomic E-state index is 11.9. The van der Waals surface area contributed by atoms with Crippen molar-refractivity contribution in [3.05, 3.63) is 21.3 Å². The van der Waals surface area contributed by atoms with Crippen molar-refractivity contribution in [3.8, 4) is 0 Å². The second-order valence-electron chi connectivity index (χ2n) is 3.72. The van der Waals surface area contributed by atoms with E-state index in [4.69, 9.17) is 34.8 Å². The van der Waals surface area contributed by atoms with Crippen molar-refractivity contribution >= 4 is 45.2 Å². The van der Waals surface area contributed by atoms with Crippen LogP contribution in [0.1, 0.15) is 31.6 Å². The largest absolute Gasteiger partial charge is 0.354 e. The van der Waals surface area contributed by atoms with E-state index in [1.165, 1.54) is 4.57 Å². The number of carbonyl (C=O) groups is 1. The lowest BCUT2D eigenvalue weighted by Gasteiger charge is -2.02. The van der Waals surface area contributed by atoms with Gasteiger partial charge in [-0.15, -0.1) is 9.78 Å². The molecule has 5 nitrogen and oxygen atoms in total. The Morgan fingerprint density at radius 2 is 1.94 bits per heavy atom. The number of nitrogens with zero attached hydrogens (tertiary/aromatic N) is 3. The summed E-state index contributed by atoms with van der Waals surface area (Å²) in [6.07, 6.45) is 1.70. The van der Waals surface area contributed by atoms with Crippen molar-refractivity contribution in [2.75, 3.05) is 0 Å². The second-order valence-corrected chi connectivity index (χ2v) is 4.99. The maximum absolute atomic E-state index is 11.9. The molecular formula is C9H8Cl3N3O2. The summed E-state index contributed by atoms with van der Waals surface area (Å²) in [5.74, 6) is 0.181. The van der Waals surface area contributed by atoms with Crippen LogP contribution in [0.4, 0.5) is 4.79 Å². The number of rotatable bonds is 2. The monoisotopic (exact) mass is 295 g/mol. The standard InChI is InChI=1S/C9H8Cl3N3O2/c1-4(10)6(11)7-13-15(8(12)16)9(17)14(7)5-2-3-5/h5H,2-3H2,1H3/b6-4-. The fourth-order valence-electron chi connectivity index (χ4n) is 1.46. The van der Waals surface area contributed by atoms with Gasteiger partial charge in [0.15, 0.2) is 5.82 Å². The fraction of sp³-hybridized carbons (Fsp3) is 0.444. The average molecular weight is 297 g/mol. The van der Waals surface area contributed by atoms with E-state index in [-0.39, 0.29) is 16.9 Å². The third kappa shape index (κ3) is 2.27. The highest BCUT2D eigenvalue weighted by Crippen LogP contribution is 2.36. The van der Waals surface area contributed by atoms with Crippen LogP contribution in [0.5, 0.6) is 0 Å². The summed E-state index contributed by atoms with van der Waals surface area (Å²) in [6.45, 7) is 1.58. The zero-order valence-corrected chi connectivity index (χ0v) is 11.1. The first kappa shape index (κ1) is 12.7. The molecule has 0 N–H and O–H groups in total. The van der Waals surface area contributed by atoms with Gasteiger partial charge in [-0.05, 0) is 31.4 Å². The molecule has 0 bridgehead atoms. The first-order valence-electron chi connectivity index (χ1n) is 4.87. The minimum Gasteiger partial charge on any atom is -0.271 e. The summed E-state index contributed by atoms with van der Waals surface area (Å²) in [7, 11) is 0. The van der Waals surface area contributed by atoms with Gasteiger partial charge in [-0.3, -0.25) is 9.36 Å². The zero-order valence-electron chi connectivity index (χ0n) is 8.78. The van der Waals surface area contributed by atoms with Crippen LogP contribution in [0.2, 0.25) is 0 Å². The van der Waals surface area contributed by atoms with Crippen molar-refractivity contribution in [2.24, 2.45) is 0 Å². The van der Waals surface area contributed by atoms with Crippen LogP contribution in [0, 0.1) is 0 Å². The Kier molecular flexibility index (Phi) is 3.34. The lowest BCUT2D eigenvalue weighted by Crippen LogP contribution is -2.26. The molecule has 1 saturated carbocycles. The molecule has 0 aromatic carbocycles. The summed E-state index contributed by atoms with van der Waals surface area (Å²) in [4.78, 5) is 22.9. The highest BCUT2D eigenvalue weighted by molar-refractivity contribution is 6.63. The SMILES string of the molecule is C/C(Cl)=C(/Cl)c1nn(C(=O)Cl)c(=O)n1C1CC1. The third-order valence-electron chi connectivity index (χ3n) is 2.39. The average Bonchev–Trinajstić information content (AvgIpc) is 3.01. The number of hydrogen-bond donors (Lipinski definition) is 0. The van der Waals surface area contributed by atoms with E-state index >= 15 is 0 Å². The predicted octanol–water partition coefficient (Wildman–Crippen LogP) is 2.75. The van der Waals surface area contributed by atoms with Gasteiger partial charge >= 0.3 is 11.1 Å². The fourth-order valence-corrected chi connectivity index (χ4v) is 1.78. The van der Waals surface area contributed by atoms with Gasteiger partial charge in [-0.25, -0.2) is 4.79 Å². The molecule has 2 rings (SSSR count). The summed E-state index contributed by atoms with van der Waals surface area (Å²) < 4.78 is 1.94. The van der Waals surface area contributed by atoms with Crippen LogP contribution in [-0.4, -0.2) is 19.7 Å². The Labute approximate surface area is 112 Å². The van der Waals surface area contributed by atoms with Gasteiger partial charge in [0.1, 0.15) is 0 Å². The van der Waals surface area contributed by atoms with Crippen LogP contribution >= 0.6 is 34.8 Å². The zero-order chi connectivity index (χ0) is 12.7. The van der Waals surface area contributed by atoms with Crippen molar-refractivity contribution in [3.63, 3.8) is 0 Å². The van der Waals surface area contributed by atoms with E-state index in [1.807, 2.05) is 0 Å². The Hall–Kier alpha value is -0.780. The Morgan fingerprint density at radius 3 is 2.35 bits per heavy atom.